The zero-order valence-corrected chi connectivity index (χ0v) is 13.0. The van der Waals surface area contributed by atoms with Crippen LogP contribution in [-0.2, 0) is 4.79 Å². The second kappa shape index (κ2) is 8.03. The smallest absolute Gasteiger partial charge is 0.220 e. The highest BCUT2D eigenvalue weighted by atomic mass is 16.5. The molecule has 4 nitrogen and oxygen atoms in total. The Morgan fingerprint density at radius 1 is 1.43 bits per heavy atom. The van der Waals surface area contributed by atoms with Gasteiger partial charge in [-0.15, -0.1) is 0 Å². The molecule has 0 radical (unpaired) electrons. The van der Waals surface area contributed by atoms with E-state index in [1.54, 1.807) is 7.11 Å². The summed E-state index contributed by atoms with van der Waals surface area (Å²) in [5.74, 6) is 1.66. The first-order valence-electron chi connectivity index (χ1n) is 7.87. The Bertz CT molecular complexity index is 439. The Morgan fingerprint density at radius 2 is 2.19 bits per heavy atom. The molecule has 2 atom stereocenters. The van der Waals surface area contributed by atoms with Crippen molar-refractivity contribution >= 4 is 5.91 Å². The molecule has 1 fully saturated rings. The van der Waals surface area contributed by atoms with Crippen molar-refractivity contribution < 1.29 is 9.53 Å². The SMILES string of the molecule is CCC(NC(=O)CCC1CCNC1)c1ccc(OC)cc1. The van der Waals surface area contributed by atoms with Crippen molar-refractivity contribution in [1.82, 2.24) is 10.6 Å². The predicted molar refractivity (Wildman–Crippen MR) is 84.4 cm³/mol. The summed E-state index contributed by atoms with van der Waals surface area (Å²) in [5.41, 5.74) is 1.13. The van der Waals surface area contributed by atoms with Crippen LogP contribution in [0, 0.1) is 5.92 Å². The molecule has 1 saturated heterocycles. The average Bonchev–Trinajstić information content (AvgIpc) is 3.04. The number of carbonyl (C=O) groups is 1. The van der Waals surface area contributed by atoms with Crippen molar-refractivity contribution in [3.05, 3.63) is 29.8 Å². The topological polar surface area (TPSA) is 50.4 Å². The molecule has 4 heteroatoms. The first-order valence-corrected chi connectivity index (χ1v) is 7.87. The molecule has 1 aliphatic rings. The second-order valence-corrected chi connectivity index (χ2v) is 5.70. The van der Waals surface area contributed by atoms with E-state index >= 15 is 0 Å². The number of hydrogen-bond donors (Lipinski definition) is 2. The Balaban J connectivity index is 1.83. The highest BCUT2D eigenvalue weighted by molar-refractivity contribution is 5.76. The molecule has 0 aliphatic carbocycles. The van der Waals surface area contributed by atoms with Gasteiger partial charge >= 0.3 is 0 Å². The summed E-state index contributed by atoms with van der Waals surface area (Å²) in [5, 5.41) is 6.49. The van der Waals surface area contributed by atoms with E-state index in [0.29, 0.717) is 12.3 Å². The molecule has 1 aromatic carbocycles. The van der Waals surface area contributed by atoms with Gasteiger partial charge in [0.15, 0.2) is 0 Å². The molecule has 1 aliphatic heterocycles. The number of ether oxygens (including phenoxy) is 1. The van der Waals surface area contributed by atoms with Crippen LogP contribution in [0.4, 0.5) is 0 Å². The van der Waals surface area contributed by atoms with Crippen LogP contribution in [-0.4, -0.2) is 26.1 Å². The number of nitrogens with one attached hydrogen (secondary N) is 2. The van der Waals surface area contributed by atoms with Gasteiger partial charge in [-0.1, -0.05) is 19.1 Å². The molecule has 2 N–H and O–H groups in total. The standard InChI is InChI=1S/C17H26N2O2/c1-3-16(14-5-7-15(21-2)8-6-14)19-17(20)9-4-13-10-11-18-12-13/h5-8,13,16,18H,3-4,9-12H2,1-2H3,(H,19,20). The van der Waals surface area contributed by atoms with Gasteiger partial charge in [-0.25, -0.2) is 0 Å². The van der Waals surface area contributed by atoms with E-state index in [2.05, 4.69) is 17.6 Å². The fourth-order valence-corrected chi connectivity index (χ4v) is 2.82. The number of hydrogen-bond acceptors (Lipinski definition) is 3. The zero-order chi connectivity index (χ0) is 15.1. The number of carbonyl (C=O) groups excluding carboxylic acids is 1. The van der Waals surface area contributed by atoms with Crippen LogP contribution in [0.5, 0.6) is 5.75 Å². The second-order valence-electron chi connectivity index (χ2n) is 5.70. The Kier molecular flexibility index (Phi) is 6.05. The first-order chi connectivity index (χ1) is 10.2. The molecule has 1 heterocycles. The van der Waals surface area contributed by atoms with Gasteiger partial charge in [-0.2, -0.15) is 0 Å². The summed E-state index contributed by atoms with van der Waals surface area (Å²) in [6.07, 6.45) is 3.70. The van der Waals surface area contributed by atoms with Crippen LogP contribution in [0.25, 0.3) is 0 Å². The fourth-order valence-electron chi connectivity index (χ4n) is 2.82. The van der Waals surface area contributed by atoms with Gasteiger partial charge in [0.1, 0.15) is 5.75 Å². The van der Waals surface area contributed by atoms with Gasteiger partial charge in [0.2, 0.25) is 5.91 Å². The van der Waals surface area contributed by atoms with E-state index < -0.39 is 0 Å². The molecular weight excluding hydrogens is 264 g/mol. The summed E-state index contributed by atoms with van der Waals surface area (Å²) in [4.78, 5) is 12.1. The average molecular weight is 290 g/mol. The molecule has 0 spiro atoms. The van der Waals surface area contributed by atoms with Crippen molar-refractivity contribution in [2.75, 3.05) is 20.2 Å². The van der Waals surface area contributed by atoms with Crippen molar-refractivity contribution in [3.8, 4) is 5.75 Å². The van der Waals surface area contributed by atoms with E-state index in [1.165, 1.54) is 6.42 Å². The lowest BCUT2D eigenvalue weighted by atomic mass is 10.0. The summed E-state index contributed by atoms with van der Waals surface area (Å²) >= 11 is 0. The minimum Gasteiger partial charge on any atom is -0.497 e. The predicted octanol–water partition coefficient (Wildman–Crippen LogP) is 2.65. The molecule has 0 bridgehead atoms. The molecule has 0 saturated carbocycles. The highest BCUT2D eigenvalue weighted by Gasteiger charge is 2.17. The van der Waals surface area contributed by atoms with Crippen LogP contribution in [0.1, 0.15) is 44.2 Å². The van der Waals surface area contributed by atoms with Gasteiger partial charge in [-0.05, 0) is 56.0 Å². The third-order valence-corrected chi connectivity index (χ3v) is 4.20. The van der Waals surface area contributed by atoms with E-state index in [9.17, 15) is 4.79 Å². The summed E-state index contributed by atoms with van der Waals surface area (Å²) in [6, 6.07) is 8.01. The van der Waals surface area contributed by atoms with Gasteiger partial charge < -0.3 is 15.4 Å². The zero-order valence-electron chi connectivity index (χ0n) is 13.0. The molecule has 2 unspecified atom stereocenters. The van der Waals surface area contributed by atoms with Crippen molar-refractivity contribution in [2.45, 2.75) is 38.6 Å². The molecule has 21 heavy (non-hydrogen) atoms. The third kappa shape index (κ3) is 4.74. The maximum absolute atomic E-state index is 12.1. The maximum atomic E-state index is 12.1. The number of benzene rings is 1. The fraction of sp³-hybridized carbons (Fsp3) is 0.588. The van der Waals surface area contributed by atoms with E-state index in [-0.39, 0.29) is 11.9 Å². The van der Waals surface area contributed by atoms with E-state index in [1.807, 2.05) is 24.3 Å². The Hall–Kier alpha value is -1.55. The summed E-state index contributed by atoms with van der Waals surface area (Å²) < 4.78 is 5.17. The summed E-state index contributed by atoms with van der Waals surface area (Å²) in [6.45, 7) is 4.24. The van der Waals surface area contributed by atoms with Crippen LogP contribution in [0.2, 0.25) is 0 Å². The minimum absolute atomic E-state index is 0.0881. The Morgan fingerprint density at radius 3 is 2.76 bits per heavy atom. The molecule has 2 rings (SSSR count). The third-order valence-electron chi connectivity index (χ3n) is 4.20. The number of rotatable bonds is 7. The molecule has 0 aromatic heterocycles. The molecule has 1 aromatic rings. The van der Waals surface area contributed by atoms with Crippen LogP contribution in [0.15, 0.2) is 24.3 Å². The van der Waals surface area contributed by atoms with E-state index in [0.717, 1.165) is 37.2 Å². The van der Waals surface area contributed by atoms with Gasteiger partial charge in [0.25, 0.3) is 0 Å². The largest absolute Gasteiger partial charge is 0.497 e. The van der Waals surface area contributed by atoms with Crippen molar-refractivity contribution in [1.29, 1.82) is 0 Å². The van der Waals surface area contributed by atoms with Crippen molar-refractivity contribution in [3.63, 3.8) is 0 Å². The monoisotopic (exact) mass is 290 g/mol. The lowest BCUT2D eigenvalue weighted by molar-refractivity contribution is -0.122. The Labute approximate surface area is 127 Å². The van der Waals surface area contributed by atoms with Gasteiger partial charge in [0, 0.05) is 6.42 Å². The molecular formula is C17H26N2O2. The minimum atomic E-state index is 0.0881. The number of amides is 1. The van der Waals surface area contributed by atoms with Gasteiger partial charge in [-0.3, -0.25) is 4.79 Å². The van der Waals surface area contributed by atoms with E-state index in [4.69, 9.17) is 4.74 Å². The van der Waals surface area contributed by atoms with Crippen molar-refractivity contribution in [2.24, 2.45) is 5.92 Å². The van der Waals surface area contributed by atoms with Crippen LogP contribution in [0.3, 0.4) is 0 Å². The molecule has 1 amide bonds. The number of methoxy groups -OCH3 is 1. The van der Waals surface area contributed by atoms with Gasteiger partial charge in [0.05, 0.1) is 13.2 Å². The quantitative estimate of drug-likeness (QED) is 0.811. The highest BCUT2D eigenvalue weighted by Crippen LogP contribution is 2.21. The first kappa shape index (κ1) is 15.8. The molecule has 116 valence electrons. The maximum Gasteiger partial charge on any atom is 0.220 e. The normalized spacial score (nSPS) is 19.2. The van der Waals surface area contributed by atoms with Crippen LogP contribution < -0.4 is 15.4 Å². The lowest BCUT2D eigenvalue weighted by Gasteiger charge is -2.18. The summed E-state index contributed by atoms with van der Waals surface area (Å²) in [7, 11) is 1.66. The van der Waals surface area contributed by atoms with Crippen LogP contribution >= 0.6 is 0 Å². The lowest BCUT2D eigenvalue weighted by Crippen LogP contribution is -2.28.